The number of amides is 1. The third-order valence-electron chi connectivity index (χ3n) is 5.95. The van der Waals surface area contributed by atoms with Gasteiger partial charge in [0.25, 0.3) is 0 Å². The first-order chi connectivity index (χ1) is 12.8. The molecule has 2 saturated carbocycles. The van der Waals surface area contributed by atoms with Crippen LogP contribution in [0.5, 0.6) is 0 Å². The zero-order valence-electron chi connectivity index (χ0n) is 16.6. The number of hydrogen-bond acceptors (Lipinski definition) is 6. The molecular formula is C20H31N5O2. The van der Waals surface area contributed by atoms with E-state index in [9.17, 15) is 4.79 Å². The van der Waals surface area contributed by atoms with Crippen LogP contribution in [0.3, 0.4) is 0 Å². The van der Waals surface area contributed by atoms with Crippen molar-refractivity contribution in [2.75, 3.05) is 24.1 Å². The van der Waals surface area contributed by atoms with Crippen molar-refractivity contribution in [3.63, 3.8) is 0 Å². The van der Waals surface area contributed by atoms with Crippen molar-refractivity contribution >= 4 is 17.9 Å². The topological polar surface area (TPSA) is 93.4 Å². The summed E-state index contributed by atoms with van der Waals surface area (Å²) in [5.74, 6) is 2.61. The van der Waals surface area contributed by atoms with E-state index in [1.807, 2.05) is 25.7 Å². The molecule has 0 bridgehead atoms. The maximum Gasteiger partial charge on any atom is 0.410 e. The van der Waals surface area contributed by atoms with Crippen molar-refractivity contribution in [2.24, 2.45) is 11.8 Å². The van der Waals surface area contributed by atoms with Crippen LogP contribution in [0.15, 0.2) is 6.07 Å². The Morgan fingerprint density at radius 3 is 2.48 bits per heavy atom. The molecule has 0 spiro atoms. The van der Waals surface area contributed by atoms with Crippen LogP contribution < -0.4 is 11.1 Å². The van der Waals surface area contributed by atoms with Crippen molar-refractivity contribution in [3.8, 4) is 0 Å². The summed E-state index contributed by atoms with van der Waals surface area (Å²) in [4.78, 5) is 22.9. The Morgan fingerprint density at radius 2 is 1.85 bits per heavy atom. The van der Waals surface area contributed by atoms with Crippen LogP contribution in [0.4, 0.5) is 16.6 Å². The van der Waals surface area contributed by atoms with Gasteiger partial charge in [0, 0.05) is 43.0 Å². The standard InChI is InChI=1S/C20H31N5O2/c1-20(2,3)27-19(26)25-10-13-14(11-25)17(13)23-16-9-15(22-18(21)24-16)12-7-5-4-6-8-12/h9,12-14,17H,4-8,10-11H2,1-3H3,(H3,21,22,23,24)/t13-,14+,17?. The second-order valence-corrected chi connectivity index (χ2v) is 9.25. The lowest BCUT2D eigenvalue weighted by atomic mass is 9.87. The predicted molar refractivity (Wildman–Crippen MR) is 104 cm³/mol. The van der Waals surface area contributed by atoms with Crippen LogP contribution >= 0.6 is 0 Å². The Balaban J connectivity index is 1.34. The average Bonchev–Trinajstić information content (AvgIpc) is 3.03. The Morgan fingerprint density at radius 1 is 1.19 bits per heavy atom. The fourth-order valence-electron chi connectivity index (χ4n) is 4.55. The molecule has 1 aromatic heterocycles. The summed E-state index contributed by atoms with van der Waals surface area (Å²) in [5, 5.41) is 3.54. The van der Waals surface area contributed by atoms with Gasteiger partial charge in [-0.05, 0) is 33.6 Å². The van der Waals surface area contributed by atoms with Gasteiger partial charge >= 0.3 is 6.09 Å². The molecule has 1 saturated heterocycles. The molecule has 4 rings (SSSR count). The number of anilines is 2. The molecule has 1 aromatic rings. The van der Waals surface area contributed by atoms with Crippen LogP contribution in [-0.2, 0) is 4.74 Å². The second-order valence-electron chi connectivity index (χ2n) is 9.25. The highest BCUT2D eigenvalue weighted by Crippen LogP contribution is 2.47. The molecule has 1 aliphatic heterocycles. The first kappa shape index (κ1) is 18.3. The summed E-state index contributed by atoms with van der Waals surface area (Å²) in [5.41, 5.74) is 6.59. The zero-order chi connectivity index (χ0) is 19.2. The van der Waals surface area contributed by atoms with E-state index in [1.165, 1.54) is 32.1 Å². The highest BCUT2D eigenvalue weighted by atomic mass is 16.6. The minimum atomic E-state index is -0.449. The summed E-state index contributed by atoms with van der Waals surface area (Å²) < 4.78 is 5.47. The van der Waals surface area contributed by atoms with Gasteiger partial charge in [0.05, 0.1) is 5.69 Å². The van der Waals surface area contributed by atoms with Crippen molar-refractivity contribution in [3.05, 3.63) is 11.8 Å². The number of nitrogens with one attached hydrogen (secondary N) is 1. The maximum absolute atomic E-state index is 12.2. The molecule has 7 heteroatoms. The third-order valence-corrected chi connectivity index (χ3v) is 5.95. The molecule has 0 aromatic carbocycles. The lowest BCUT2D eigenvalue weighted by Crippen LogP contribution is -2.38. The number of fused-ring (bicyclic) bond motifs is 1. The number of carbonyl (C=O) groups excluding carboxylic acids is 1. The Kier molecular flexibility index (Phi) is 4.64. The van der Waals surface area contributed by atoms with Crippen molar-refractivity contribution in [1.82, 2.24) is 14.9 Å². The molecule has 0 radical (unpaired) electrons. The van der Waals surface area contributed by atoms with Gasteiger partial charge in [-0.15, -0.1) is 0 Å². The van der Waals surface area contributed by atoms with Gasteiger partial charge in [0.15, 0.2) is 0 Å². The minimum absolute atomic E-state index is 0.209. The lowest BCUT2D eigenvalue weighted by molar-refractivity contribution is 0.0272. The van der Waals surface area contributed by atoms with E-state index in [1.54, 1.807) is 0 Å². The van der Waals surface area contributed by atoms with Crippen LogP contribution in [0.25, 0.3) is 0 Å². The Labute approximate surface area is 161 Å². The number of ether oxygens (including phenoxy) is 1. The predicted octanol–water partition coefficient (Wildman–Crippen LogP) is 3.38. The Bertz CT molecular complexity index is 699. The monoisotopic (exact) mass is 373 g/mol. The molecular weight excluding hydrogens is 342 g/mol. The number of piperidine rings is 1. The van der Waals surface area contributed by atoms with E-state index in [0.29, 0.717) is 29.7 Å². The molecule has 148 valence electrons. The van der Waals surface area contributed by atoms with Crippen molar-refractivity contribution < 1.29 is 9.53 Å². The van der Waals surface area contributed by atoms with Crippen LogP contribution in [0.1, 0.15) is 64.5 Å². The summed E-state index contributed by atoms with van der Waals surface area (Å²) in [6.45, 7) is 7.18. The number of carbonyl (C=O) groups is 1. The molecule has 3 N–H and O–H groups in total. The first-order valence-electron chi connectivity index (χ1n) is 10.2. The molecule has 27 heavy (non-hydrogen) atoms. The molecule has 1 unspecified atom stereocenters. The third kappa shape index (κ3) is 4.12. The van der Waals surface area contributed by atoms with E-state index in [4.69, 9.17) is 10.5 Å². The molecule has 3 fully saturated rings. The quantitative estimate of drug-likeness (QED) is 0.844. The van der Waals surface area contributed by atoms with E-state index in [2.05, 4.69) is 21.4 Å². The highest BCUT2D eigenvalue weighted by Gasteiger charge is 2.57. The van der Waals surface area contributed by atoms with Gasteiger partial charge in [0.2, 0.25) is 5.95 Å². The number of rotatable bonds is 3. The van der Waals surface area contributed by atoms with Gasteiger partial charge < -0.3 is 20.7 Å². The van der Waals surface area contributed by atoms with Crippen molar-refractivity contribution in [2.45, 2.75) is 70.4 Å². The van der Waals surface area contributed by atoms with E-state index in [-0.39, 0.29) is 6.09 Å². The molecule has 1 amide bonds. The van der Waals surface area contributed by atoms with E-state index >= 15 is 0 Å². The van der Waals surface area contributed by atoms with E-state index < -0.39 is 5.60 Å². The van der Waals surface area contributed by atoms with Crippen LogP contribution in [0, 0.1) is 11.8 Å². The zero-order valence-corrected chi connectivity index (χ0v) is 16.6. The van der Waals surface area contributed by atoms with Gasteiger partial charge in [-0.25, -0.2) is 9.78 Å². The first-order valence-corrected chi connectivity index (χ1v) is 10.2. The lowest BCUT2D eigenvalue weighted by Gasteiger charge is -2.26. The second kappa shape index (κ2) is 6.84. The molecule has 3 aliphatic rings. The molecule has 2 aliphatic carbocycles. The summed E-state index contributed by atoms with van der Waals surface area (Å²) in [6, 6.07) is 2.43. The maximum atomic E-state index is 12.2. The summed E-state index contributed by atoms with van der Waals surface area (Å²) in [6.07, 6.45) is 6.03. The van der Waals surface area contributed by atoms with E-state index in [0.717, 1.165) is 24.6 Å². The number of nitrogens with two attached hydrogens (primary N) is 1. The molecule has 2 heterocycles. The smallest absolute Gasteiger partial charge is 0.410 e. The summed E-state index contributed by atoms with van der Waals surface area (Å²) in [7, 11) is 0. The average molecular weight is 374 g/mol. The van der Waals surface area contributed by atoms with Crippen molar-refractivity contribution in [1.29, 1.82) is 0 Å². The number of hydrogen-bond donors (Lipinski definition) is 2. The van der Waals surface area contributed by atoms with Crippen LogP contribution in [0.2, 0.25) is 0 Å². The number of likely N-dealkylation sites (tertiary alicyclic amines) is 1. The SMILES string of the molecule is CC(C)(C)OC(=O)N1C[C@@H]2C(Nc3cc(C4CCCCC4)nc(N)n3)[C@@H]2C1. The van der Waals surface area contributed by atoms with Gasteiger partial charge in [-0.3, -0.25) is 0 Å². The van der Waals surface area contributed by atoms with Gasteiger partial charge in [0.1, 0.15) is 11.4 Å². The van der Waals surface area contributed by atoms with Gasteiger partial charge in [-0.1, -0.05) is 19.3 Å². The molecule has 3 atom stereocenters. The number of nitrogens with zero attached hydrogens (tertiary/aromatic N) is 3. The minimum Gasteiger partial charge on any atom is -0.444 e. The Hall–Kier alpha value is -2.05. The largest absolute Gasteiger partial charge is 0.444 e. The fourth-order valence-corrected chi connectivity index (χ4v) is 4.55. The fraction of sp³-hybridized carbons (Fsp3) is 0.750. The number of aromatic nitrogens is 2. The highest BCUT2D eigenvalue weighted by molar-refractivity contribution is 5.69. The normalized spacial score (nSPS) is 28.0. The van der Waals surface area contributed by atoms with Gasteiger partial charge in [-0.2, -0.15) is 4.98 Å². The number of nitrogen functional groups attached to an aromatic ring is 1. The summed E-state index contributed by atoms with van der Waals surface area (Å²) >= 11 is 0. The molecule has 7 nitrogen and oxygen atoms in total. The van der Waals surface area contributed by atoms with Crippen LogP contribution in [-0.4, -0.2) is 45.7 Å².